The summed E-state index contributed by atoms with van der Waals surface area (Å²) in [6.07, 6.45) is 3.52. The van der Waals surface area contributed by atoms with Crippen LogP contribution in [0.15, 0.2) is 42.6 Å². The fourth-order valence-corrected chi connectivity index (χ4v) is 2.92. The fourth-order valence-electron chi connectivity index (χ4n) is 2.92. The average molecular weight is 392 g/mol. The number of ether oxygens (including phenoxy) is 2. The third kappa shape index (κ3) is 6.12. The van der Waals surface area contributed by atoms with Gasteiger partial charge in [-0.3, -0.25) is 4.79 Å². The lowest BCUT2D eigenvalue weighted by Gasteiger charge is -2.21. The van der Waals surface area contributed by atoms with Gasteiger partial charge in [0.25, 0.3) is 0 Å². The summed E-state index contributed by atoms with van der Waals surface area (Å²) < 4.78 is 11.4. The normalized spacial score (nSPS) is 14.1. The van der Waals surface area contributed by atoms with Crippen molar-refractivity contribution in [2.24, 2.45) is 5.92 Å². The minimum atomic E-state index is 0. The molecule has 0 atom stereocenters. The number of halogens is 1. The second kappa shape index (κ2) is 10.7. The van der Waals surface area contributed by atoms with Gasteiger partial charge in [-0.15, -0.1) is 12.4 Å². The lowest BCUT2D eigenvalue weighted by Crippen LogP contribution is -2.37. The highest BCUT2D eigenvalue weighted by Gasteiger charge is 2.20. The minimum absolute atomic E-state index is 0. The Morgan fingerprint density at radius 3 is 2.59 bits per heavy atom. The first kappa shape index (κ1) is 21.0. The third-order valence-electron chi connectivity index (χ3n) is 4.34. The number of hydrogen-bond donors (Lipinski definition) is 2. The molecule has 2 N–H and O–H groups in total. The number of rotatable bonds is 7. The van der Waals surface area contributed by atoms with Gasteiger partial charge in [0.1, 0.15) is 0 Å². The summed E-state index contributed by atoms with van der Waals surface area (Å²) in [6, 6.07) is 11.2. The number of nitrogens with zero attached hydrogens (tertiary/aromatic N) is 1. The summed E-state index contributed by atoms with van der Waals surface area (Å²) in [5.41, 5.74) is 0.942. The first-order valence-electron chi connectivity index (χ1n) is 9.09. The highest BCUT2D eigenvalue weighted by Crippen LogP contribution is 2.30. The number of para-hydroxylation sites is 2. The lowest BCUT2D eigenvalue weighted by atomic mass is 9.97. The summed E-state index contributed by atoms with van der Waals surface area (Å²) in [6.45, 7) is 4.81. The van der Waals surface area contributed by atoms with Crippen molar-refractivity contribution in [1.29, 1.82) is 0 Å². The second-order valence-corrected chi connectivity index (χ2v) is 6.23. The van der Waals surface area contributed by atoms with Gasteiger partial charge in [0.2, 0.25) is 11.8 Å². The molecular formula is C20H26ClN3O3. The van der Waals surface area contributed by atoms with Crippen molar-refractivity contribution in [1.82, 2.24) is 15.6 Å². The van der Waals surface area contributed by atoms with Gasteiger partial charge in [-0.05, 0) is 50.6 Å². The van der Waals surface area contributed by atoms with Crippen LogP contribution in [-0.2, 0) is 11.3 Å². The van der Waals surface area contributed by atoms with Crippen LogP contribution in [0, 0.1) is 5.92 Å². The smallest absolute Gasteiger partial charge is 0.223 e. The van der Waals surface area contributed by atoms with E-state index in [9.17, 15) is 4.79 Å². The summed E-state index contributed by atoms with van der Waals surface area (Å²) in [7, 11) is 0. The van der Waals surface area contributed by atoms with Crippen molar-refractivity contribution < 1.29 is 14.3 Å². The Morgan fingerprint density at radius 1 is 1.19 bits per heavy atom. The molecule has 0 radical (unpaired) electrons. The Morgan fingerprint density at radius 2 is 1.93 bits per heavy atom. The van der Waals surface area contributed by atoms with Crippen molar-refractivity contribution in [3.8, 4) is 17.4 Å². The Bertz CT molecular complexity index is 719. The van der Waals surface area contributed by atoms with Gasteiger partial charge in [0.05, 0.1) is 6.61 Å². The van der Waals surface area contributed by atoms with Crippen LogP contribution in [0.3, 0.4) is 0 Å². The predicted octanol–water partition coefficient (Wildman–Crippen LogP) is 3.31. The molecule has 2 aromatic rings. The molecule has 1 saturated heterocycles. The van der Waals surface area contributed by atoms with Crippen molar-refractivity contribution in [2.75, 3.05) is 19.7 Å². The van der Waals surface area contributed by atoms with Crippen LogP contribution >= 0.6 is 12.4 Å². The van der Waals surface area contributed by atoms with Crippen LogP contribution in [0.25, 0.3) is 0 Å². The zero-order valence-corrected chi connectivity index (χ0v) is 16.3. The average Bonchev–Trinajstić information content (AvgIpc) is 2.69. The molecule has 1 fully saturated rings. The molecule has 146 valence electrons. The molecule has 1 aromatic carbocycles. The molecule has 0 aliphatic carbocycles. The number of hydrogen-bond acceptors (Lipinski definition) is 5. The molecule has 1 aliphatic rings. The van der Waals surface area contributed by atoms with Gasteiger partial charge < -0.3 is 20.1 Å². The number of nitrogens with one attached hydrogen (secondary N) is 2. The van der Waals surface area contributed by atoms with Gasteiger partial charge >= 0.3 is 0 Å². The zero-order valence-electron chi connectivity index (χ0n) is 15.4. The lowest BCUT2D eigenvalue weighted by molar-refractivity contribution is -0.125. The van der Waals surface area contributed by atoms with E-state index in [-0.39, 0.29) is 24.2 Å². The molecule has 0 saturated carbocycles. The van der Waals surface area contributed by atoms with E-state index in [1.165, 1.54) is 0 Å². The number of carbonyl (C=O) groups excluding carboxylic acids is 1. The molecule has 0 bridgehead atoms. The molecule has 2 heterocycles. The van der Waals surface area contributed by atoms with E-state index in [0.29, 0.717) is 30.5 Å². The standard InChI is InChI=1S/C20H25N3O3.ClH/c1-2-25-17-5-3-4-6-18(17)26-19-8-7-15(13-22-19)14-23-20(24)16-9-11-21-12-10-16;/h3-8,13,16,21H,2,9-12,14H2,1H3,(H,23,24);1H. The van der Waals surface area contributed by atoms with Gasteiger partial charge in [-0.2, -0.15) is 0 Å². The first-order chi connectivity index (χ1) is 12.8. The SMILES string of the molecule is CCOc1ccccc1Oc1ccc(CNC(=O)C2CCNCC2)cn1.Cl. The summed E-state index contributed by atoms with van der Waals surface area (Å²) in [5, 5.41) is 6.26. The van der Waals surface area contributed by atoms with Crippen molar-refractivity contribution in [2.45, 2.75) is 26.3 Å². The first-order valence-corrected chi connectivity index (χ1v) is 9.09. The second-order valence-electron chi connectivity index (χ2n) is 6.23. The largest absolute Gasteiger partial charge is 0.490 e. The highest BCUT2D eigenvalue weighted by molar-refractivity contribution is 5.85. The molecule has 7 heteroatoms. The quantitative estimate of drug-likeness (QED) is 0.757. The maximum atomic E-state index is 12.2. The Labute approximate surface area is 166 Å². The van der Waals surface area contributed by atoms with Crippen LogP contribution in [0.4, 0.5) is 0 Å². The number of pyridine rings is 1. The molecule has 6 nitrogen and oxygen atoms in total. The number of benzene rings is 1. The van der Waals surface area contributed by atoms with E-state index < -0.39 is 0 Å². The van der Waals surface area contributed by atoms with E-state index in [4.69, 9.17) is 9.47 Å². The van der Waals surface area contributed by atoms with Crippen molar-refractivity contribution in [3.63, 3.8) is 0 Å². The van der Waals surface area contributed by atoms with Crippen LogP contribution in [0.5, 0.6) is 17.4 Å². The topological polar surface area (TPSA) is 72.5 Å². The fraction of sp³-hybridized carbons (Fsp3) is 0.400. The van der Waals surface area contributed by atoms with Crippen LogP contribution in [-0.4, -0.2) is 30.6 Å². The Hall–Kier alpha value is -2.31. The Kier molecular flexibility index (Phi) is 8.36. The maximum Gasteiger partial charge on any atom is 0.223 e. The molecule has 1 aliphatic heterocycles. The zero-order chi connectivity index (χ0) is 18.2. The molecule has 1 amide bonds. The molecular weight excluding hydrogens is 366 g/mol. The molecule has 27 heavy (non-hydrogen) atoms. The van der Waals surface area contributed by atoms with E-state index in [1.54, 1.807) is 12.3 Å². The third-order valence-corrected chi connectivity index (χ3v) is 4.34. The van der Waals surface area contributed by atoms with Gasteiger partial charge in [0, 0.05) is 24.7 Å². The summed E-state index contributed by atoms with van der Waals surface area (Å²) in [5.74, 6) is 2.05. The van der Waals surface area contributed by atoms with Crippen LogP contribution < -0.4 is 20.1 Å². The van der Waals surface area contributed by atoms with Gasteiger partial charge in [-0.25, -0.2) is 4.98 Å². The molecule has 3 rings (SSSR count). The van der Waals surface area contributed by atoms with Crippen LogP contribution in [0.1, 0.15) is 25.3 Å². The number of amides is 1. The number of aromatic nitrogens is 1. The van der Waals surface area contributed by atoms with E-state index in [1.807, 2.05) is 37.3 Å². The van der Waals surface area contributed by atoms with Crippen LogP contribution in [0.2, 0.25) is 0 Å². The highest BCUT2D eigenvalue weighted by atomic mass is 35.5. The van der Waals surface area contributed by atoms with E-state index >= 15 is 0 Å². The van der Waals surface area contributed by atoms with E-state index in [0.717, 1.165) is 31.5 Å². The number of carbonyl (C=O) groups is 1. The van der Waals surface area contributed by atoms with Gasteiger partial charge in [0.15, 0.2) is 11.5 Å². The van der Waals surface area contributed by atoms with Crippen molar-refractivity contribution >= 4 is 18.3 Å². The monoisotopic (exact) mass is 391 g/mol. The number of piperidine rings is 1. The maximum absolute atomic E-state index is 12.2. The summed E-state index contributed by atoms with van der Waals surface area (Å²) in [4.78, 5) is 16.5. The minimum Gasteiger partial charge on any atom is -0.490 e. The van der Waals surface area contributed by atoms with E-state index in [2.05, 4.69) is 15.6 Å². The predicted molar refractivity (Wildman–Crippen MR) is 107 cm³/mol. The van der Waals surface area contributed by atoms with Gasteiger partial charge in [-0.1, -0.05) is 18.2 Å². The Balaban J connectivity index is 0.00000261. The van der Waals surface area contributed by atoms with Crippen molar-refractivity contribution in [3.05, 3.63) is 48.2 Å². The summed E-state index contributed by atoms with van der Waals surface area (Å²) >= 11 is 0. The molecule has 0 spiro atoms. The molecule has 0 unspecified atom stereocenters. The molecule has 1 aromatic heterocycles.